The number of rotatable bonds is 5. The van der Waals surface area contributed by atoms with Crippen molar-refractivity contribution in [2.75, 3.05) is 5.32 Å². The molecule has 4 heteroatoms. The number of ether oxygens (including phenoxy) is 1. The van der Waals surface area contributed by atoms with Crippen molar-refractivity contribution in [3.05, 3.63) is 58.1 Å². The Balaban J connectivity index is 2.04. The van der Waals surface area contributed by atoms with Gasteiger partial charge in [-0.3, -0.25) is 4.79 Å². The minimum Gasteiger partial charge on any atom is -0.481 e. The Morgan fingerprint density at radius 1 is 1.18 bits per heavy atom. The van der Waals surface area contributed by atoms with E-state index in [0.717, 1.165) is 21.3 Å². The average molecular weight is 362 g/mol. The van der Waals surface area contributed by atoms with Crippen LogP contribution in [-0.2, 0) is 4.79 Å². The molecule has 0 aliphatic carbocycles. The van der Waals surface area contributed by atoms with E-state index in [2.05, 4.69) is 21.2 Å². The van der Waals surface area contributed by atoms with E-state index in [-0.39, 0.29) is 5.91 Å². The third kappa shape index (κ3) is 4.34. The van der Waals surface area contributed by atoms with E-state index in [9.17, 15) is 4.79 Å². The highest BCUT2D eigenvalue weighted by molar-refractivity contribution is 9.10. The third-order valence-corrected chi connectivity index (χ3v) is 4.28. The number of amides is 1. The van der Waals surface area contributed by atoms with E-state index in [1.165, 1.54) is 0 Å². The van der Waals surface area contributed by atoms with Gasteiger partial charge >= 0.3 is 0 Å². The van der Waals surface area contributed by atoms with Crippen LogP contribution in [0.4, 0.5) is 5.69 Å². The first-order valence-electron chi connectivity index (χ1n) is 7.30. The number of hydrogen-bond donors (Lipinski definition) is 1. The Kier molecular flexibility index (Phi) is 5.61. The second-order valence-electron chi connectivity index (χ2n) is 5.28. The van der Waals surface area contributed by atoms with Crippen LogP contribution in [0.1, 0.15) is 24.5 Å². The lowest BCUT2D eigenvalue weighted by Gasteiger charge is -2.17. The predicted molar refractivity (Wildman–Crippen MR) is 93.4 cm³/mol. The highest BCUT2D eigenvalue weighted by atomic mass is 79.9. The maximum Gasteiger partial charge on any atom is 0.265 e. The van der Waals surface area contributed by atoms with Crippen molar-refractivity contribution >= 4 is 27.5 Å². The second-order valence-corrected chi connectivity index (χ2v) is 6.14. The van der Waals surface area contributed by atoms with Gasteiger partial charge in [-0.05, 0) is 56.2 Å². The van der Waals surface area contributed by atoms with Crippen molar-refractivity contribution in [2.24, 2.45) is 0 Å². The van der Waals surface area contributed by atoms with Crippen molar-refractivity contribution in [1.82, 2.24) is 0 Å². The summed E-state index contributed by atoms with van der Waals surface area (Å²) in [5.74, 6) is 0.574. The van der Waals surface area contributed by atoms with Crippen LogP contribution in [0.2, 0.25) is 0 Å². The van der Waals surface area contributed by atoms with E-state index < -0.39 is 6.10 Å². The summed E-state index contributed by atoms with van der Waals surface area (Å²) in [4.78, 5) is 12.4. The first kappa shape index (κ1) is 16.6. The van der Waals surface area contributed by atoms with E-state index in [1.54, 1.807) is 0 Å². The number of anilines is 1. The molecule has 22 heavy (non-hydrogen) atoms. The summed E-state index contributed by atoms with van der Waals surface area (Å²) in [7, 11) is 0. The number of carbonyl (C=O) groups excluding carboxylic acids is 1. The van der Waals surface area contributed by atoms with Crippen molar-refractivity contribution in [3.8, 4) is 5.75 Å². The van der Waals surface area contributed by atoms with Crippen LogP contribution in [0, 0.1) is 13.8 Å². The predicted octanol–water partition coefficient (Wildman–Crippen LogP) is 4.86. The van der Waals surface area contributed by atoms with Gasteiger partial charge in [-0.2, -0.15) is 0 Å². The largest absolute Gasteiger partial charge is 0.481 e. The van der Waals surface area contributed by atoms with Gasteiger partial charge in [0, 0.05) is 10.2 Å². The Hall–Kier alpha value is -1.81. The summed E-state index contributed by atoms with van der Waals surface area (Å²) in [5, 5.41) is 2.91. The molecule has 2 aromatic rings. The highest BCUT2D eigenvalue weighted by Crippen LogP contribution is 2.21. The minimum absolute atomic E-state index is 0.134. The number of nitrogens with one attached hydrogen (secondary N) is 1. The topological polar surface area (TPSA) is 38.3 Å². The van der Waals surface area contributed by atoms with Gasteiger partial charge in [0.25, 0.3) is 5.91 Å². The molecule has 2 aromatic carbocycles. The van der Waals surface area contributed by atoms with Crippen LogP contribution in [0.15, 0.2) is 46.9 Å². The molecule has 0 aromatic heterocycles. The molecule has 3 nitrogen and oxygen atoms in total. The number of hydrogen-bond acceptors (Lipinski definition) is 2. The average Bonchev–Trinajstić information content (AvgIpc) is 2.50. The fourth-order valence-corrected chi connectivity index (χ4v) is 2.30. The quantitative estimate of drug-likeness (QED) is 0.825. The van der Waals surface area contributed by atoms with Crippen LogP contribution in [0.25, 0.3) is 0 Å². The van der Waals surface area contributed by atoms with Crippen LogP contribution < -0.4 is 10.1 Å². The molecule has 0 unspecified atom stereocenters. The maximum atomic E-state index is 12.4. The van der Waals surface area contributed by atoms with Crippen LogP contribution >= 0.6 is 15.9 Å². The van der Waals surface area contributed by atoms with Gasteiger partial charge in [-0.15, -0.1) is 0 Å². The highest BCUT2D eigenvalue weighted by Gasteiger charge is 2.18. The molecule has 0 heterocycles. The Morgan fingerprint density at radius 2 is 1.86 bits per heavy atom. The molecule has 2 rings (SSSR count). The Labute approximate surface area is 139 Å². The summed E-state index contributed by atoms with van der Waals surface area (Å²) in [5.41, 5.74) is 3.01. The summed E-state index contributed by atoms with van der Waals surface area (Å²) < 4.78 is 6.81. The van der Waals surface area contributed by atoms with Crippen LogP contribution in [0.3, 0.4) is 0 Å². The van der Waals surface area contributed by atoms with Crippen molar-refractivity contribution in [3.63, 3.8) is 0 Å². The van der Waals surface area contributed by atoms with Crippen molar-refractivity contribution in [1.29, 1.82) is 0 Å². The van der Waals surface area contributed by atoms with E-state index in [1.807, 2.05) is 63.2 Å². The zero-order valence-corrected chi connectivity index (χ0v) is 14.6. The zero-order valence-electron chi connectivity index (χ0n) is 13.0. The molecule has 0 spiro atoms. The van der Waals surface area contributed by atoms with Gasteiger partial charge in [-0.25, -0.2) is 0 Å². The molecule has 1 amide bonds. The molecule has 0 fully saturated rings. The molecule has 0 saturated heterocycles. The van der Waals surface area contributed by atoms with E-state index in [0.29, 0.717) is 12.2 Å². The normalized spacial score (nSPS) is 11.8. The molecule has 1 atom stereocenters. The van der Waals surface area contributed by atoms with E-state index in [4.69, 9.17) is 4.74 Å². The third-order valence-electron chi connectivity index (χ3n) is 3.39. The van der Waals surface area contributed by atoms with Gasteiger partial charge in [0.2, 0.25) is 0 Å². The molecule has 0 aliphatic heterocycles. The Morgan fingerprint density at radius 3 is 2.45 bits per heavy atom. The summed E-state index contributed by atoms with van der Waals surface area (Å²) in [6.07, 6.45) is 0.0986. The van der Waals surface area contributed by atoms with Gasteiger partial charge in [0.15, 0.2) is 6.10 Å². The molecular weight excluding hydrogens is 342 g/mol. The smallest absolute Gasteiger partial charge is 0.265 e. The molecule has 0 bridgehead atoms. The first-order valence-corrected chi connectivity index (χ1v) is 8.09. The molecular formula is C18H20BrNO2. The van der Waals surface area contributed by atoms with Gasteiger partial charge in [0.05, 0.1) is 0 Å². The van der Waals surface area contributed by atoms with Gasteiger partial charge in [-0.1, -0.05) is 40.5 Å². The summed E-state index contributed by atoms with van der Waals surface area (Å²) in [6.45, 7) is 5.94. The molecule has 0 aliphatic rings. The zero-order chi connectivity index (χ0) is 16.1. The standard InChI is InChI=1S/C18H20BrNO2/c1-4-17(22-15-8-5-12(2)6-9-15)18(21)20-14-7-10-16(19)13(3)11-14/h5-11,17H,4H2,1-3H3,(H,20,21)/t17-/m0/s1. The minimum atomic E-state index is -0.508. The molecule has 0 saturated carbocycles. The van der Waals surface area contributed by atoms with Crippen LogP contribution in [-0.4, -0.2) is 12.0 Å². The van der Waals surface area contributed by atoms with Crippen LogP contribution in [0.5, 0.6) is 5.75 Å². The maximum absolute atomic E-state index is 12.4. The fourth-order valence-electron chi connectivity index (χ4n) is 2.05. The number of carbonyl (C=O) groups is 1. The second kappa shape index (κ2) is 7.45. The van der Waals surface area contributed by atoms with Gasteiger partial charge in [0.1, 0.15) is 5.75 Å². The SMILES string of the molecule is CC[C@H](Oc1ccc(C)cc1)C(=O)Nc1ccc(Br)c(C)c1. The molecule has 0 radical (unpaired) electrons. The molecule has 1 N–H and O–H groups in total. The lowest BCUT2D eigenvalue weighted by molar-refractivity contribution is -0.122. The number of benzene rings is 2. The molecule has 116 valence electrons. The fraction of sp³-hybridized carbons (Fsp3) is 0.278. The van der Waals surface area contributed by atoms with Gasteiger partial charge < -0.3 is 10.1 Å². The lowest BCUT2D eigenvalue weighted by Crippen LogP contribution is -2.32. The van der Waals surface area contributed by atoms with E-state index >= 15 is 0 Å². The first-order chi connectivity index (χ1) is 10.5. The lowest BCUT2D eigenvalue weighted by atomic mass is 10.2. The Bertz CT molecular complexity index is 653. The number of aryl methyl sites for hydroxylation is 2. The summed E-state index contributed by atoms with van der Waals surface area (Å²) in [6, 6.07) is 13.4. The summed E-state index contributed by atoms with van der Waals surface area (Å²) >= 11 is 3.45. The number of halogens is 1. The monoisotopic (exact) mass is 361 g/mol. The van der Waals surface area contributed by atoms with Crippen molar-refractivity contribution in [2.45, 2.75) is 33.3 Å². The van der Waals surface area contributed by atoms with Crippen molar-refractivity contribution < 1.29 is 9.53 Å².